The van der Waals surface area contributed by atoms with E-state index in [1.165, 1.54) is 0 Å². The molecule has 128 valence electrons. The minimum atomic E-state index is -2.87. The van der Waals surface area contributed by atoms with Gasteiger partial charge >= 0.3 is 16.5 Å². The Bertz CT molecular complexity index is 642. The fraction of sp³-hybridized carbons (Fsp3) is 0. The first-order valence-electron chi connectivity index (χ1n) is 6.31. The van der Waals surface area contributed by atoms with Crippen LogP contribution in [0.5, 0.6) is 0 Å². The fourth-order valence-corrected chi connectivity index (χ4v) is 1.50. The van der Waals surface area contributed by atoms with Crippen LogP contribution in [0, 0.1) is 0 Å². The lowest BCUT2D eigenvalue weighted by Gasteiger charge is -2.00. The van der Waals surface area contributed by atoms with Crippen molar-refractivity contribution in [1.29, 1.82) is 0 Å². The Hall–Kier alpha value is -2.18. The third-order valence-corrected chi connectivity index (χ3v) is 2.43. The van der Waals surface area contributed by atoms with Crippen LogP contribution in [-0.2, 0) is 9.13 Å². The molecule has 2 rings (SSSR count). The lowest BCUT2D eigenvalue weighted by Crippen LogP contribution is -1.89. The molecule has 0 spiro atoms. The number of anilines is 2. The van der Waals surface area contributed by atoms with Crippen molar-refractivity contribution >= 4 is 40.0 Å². The third kappa shape index (κ3) is 11.4. The first-order valence-corrected chi connectivity index (χ1v) is 8.64. The molecule has 0 aliphatic heterocycles. The van der Waals surface area contributed by atoms with Crippen LogP contribution in [0.2, 0.25) is 0 Å². The minimum Gasteiger partial charge on any atom is -0.398 e. The smallest absolute Gasteiger partial charge is 0.398 e. The molecule has 0 aromatic heterocycles. The summed E-state index contributed by atoms with van der Waals surface area (Å²) in [5.74, 6) is 0. The molecule has 8 nitrogen and oxygen atoms in total. The highest BCUT2D eigenvalue weighted by molar-refractivity contribution is 7.31. The number of para-hydroxylation sites is 2. The maximum Gasteiger partial charge on any atom is 0.692 e. The molecule has 2 aromatic rings. The zero-order valence-corrected chi connectivity index (χ0v) is 14.2. The highest BCUT2D eigenvalue weighted by Gasteiger charge is 1.95. The highest BCUT2D eigenvalue weighted by Crippen LogP contribution is 2.17. The lowest BCUT2D eigenvalue weighted by molar-refractivity contribution is 0.403. The topological polar surface area (TPSA) is 167 Å². The van der Waals surface area contributed by atoms with Crippen molar-refractivity contribution in [3.8, 4) is 0 Å². The second-order valence-corrected chi connectivity index (χ2v) is 5.11. The van der Waals surface area contributed by atoms with E-state index in [2.05, 4.69) is 0 Å². The summed E-state index contributed by atoms with van der Waals surface area (Å²) < 4.78 is 17.4. The summed E-state index contributed by atoms with van der Waals surface area (Å²) in [5, 5.41) is 0. The van der Waals surface area contributed by atoms with Gasteiger partial charge in [0, 0.05) is 20.5 Å². The van der Waals surface area contributed by atoms with Crippen LogP contribution in [0.3, 0.4) is 0 Å². The van der Waals surface area contributed by atoms with E-state index in [1.54, 1.807) is 0 Å². The van der Waals surface area contributed by atoms with E-state index in [0.717, 1.165) is 22.5 Å². The van der Waals surface area contributed by atoms with Crippen molar-refractivity contribution in [2.24, 2.45) is 0 Å². The average Bonchev–Trinajstić information content (AvgIpc) is 2.47. The molecule has 0 heterocycles. The van der Waals surface area contributed by atoms with E-state index in [0.29, 0.717) is 0 Å². The van der Waals surface area contributed by atoms with Gasteiger partial charge in [-0.15, -0.1) is 19.6 Å². The van der Waals surface area contributed by atoms with Crippen LogP contribution in [0.25, 0.3) is 12.2 Å². The maximum absolute atomic E-state index is 8.70. The molecule has 8 N–H and O–H groups in total. The maximum atomic E-state index is 8.70. The molecular weight excluding hydrogens is 354 g/mol. The molecule has 0 saturated carbocycles. The number of nitrogens with two attached hydrogens (primary N) is 2. The molecule has 0 unspecified atom stereocenters. The molecule has 0 aliphatic carbocycles. The highest BCUT2D eigenvalue weighted by atomic mass is 31.1. The van der Waals surface area contributed by atoms with Gasteiger partial charge in [-0.05, 0) is 23.3 Å². The summed E-state index contributed by atoms with van der Waals surface area (Å²) in [6, 6.07) is 15.5. The second-order valence-electron chi connectivity index (χ2n) is 4.10. The zero-order chi connectivity index (χ0) is 18.5. The Kier molecular flexibility index (Phi) is 11.2. The molecule has 0 amide bonds. The normalized spacial score (nSPS) is 9.33. The van der Waals surface area contributed by atoms with Crippen LogP contribution in [0.15, 0.2) is 48.5 Å². The van der Waals surface area contributed by atoms with Crippen molar-refractivity contribution in [2.75, 3.05) is 11.5 Å². The monoisotopic (exact) mass is 372 g/mol. The third-order valence-electron chi connectivity index (χ3n) is 2.43. The van der Waals surface area contributed by atoms with E-state index in [4.69, 9.17) is 40.2 Å². The minimum absolute atomic E-state index is 0.772. The Morgan fingerprint density at radius 3 is 1.17 bits per heavy atom. The number of hydrogen-bond donors (Lipinski definition) is 6. The largest absolute Gasteiger partial charge is 0.692 e. The Balaban J connectivity index is 0.000000558. The quantitative estimate of drug-likeness (QED) is 0.265. The summed E-state index contributed by atoms with van der Waals surface area (Å²) in [7, 11) is -5.74. The van der Waals surface area contributed by atoms with E-state index in [-0.39, 0.29) is 0 Å². The Morgan fingerprint density at radius 2 is 0.917 bits per heavy atom. The van der Waals surface area contributed by atoms with E-state index in [9.17, 15) is 0 Å². The number of nitrogen functional groups attached to an aromatic ring is 2. The van der Waals surface area contributed by atoms with Gasteiger partial charge in [0.05, 0.1) is 0 Å². The zero-order valence-electron chi connectivity index (χ0n) is 12.4. The van der Waals surface area contributed by atoms with Crippen LogP contribution in [0.4, 0.5) is 11.4 Å². The van der Waals surface area contributed by atoms with Gasteiger partial charge < -0.3 is 11.5 Å². The van der Waals surface area contributed by atoms with E-state index in [1.807, 2.05) is 60.7 Å². The van der Waals surface area contributed by atoms with Crippen molar-refractivity contribution < 1.29 is 28.7 Å². The average molecular weight is 372 g/mol. The molecule has 2 aromatic carbocycles. The van der Waals surface area contributed by atoms with E-state index >= 15 is 0 Å². The van der Waals surface area contributed by atoms with Gasteiger partial charge in [-0.3, -0.25) is 0 Å². The van der Waals surface area contributed by atoms with Crippen molar-refractivity contribution in [3.63, 3.8) is 0 Å². The van der Waals surface area contributed by atoms with Gasteiger partial charge in [-0.25, -0.2) is 0 Å². The summed E-state index contributed by atoms with van der Waals surface area (Å²) in [6.45, 7) is 0. The molecule has 0 fully saturated rings. The SMILES string of the molecule is Nc1ccccc1/C=C/c1ccccc1N.O=[P+](O)O.O=[P+](O)O. The molecule has 0 saturated heterocycles. The molecule has 0 radical (unpaired) electrons. The van der Waals surface area contributed by atoms with Crippen molar-refractivity contribution in [3.05, 3.63) is 59.7 Å². The summed E-state index contributed by atoms with van der Waals surface area (Å²) >= 11 is 0. The van der Waals surface area contributed by atoms with Gasteiger partial charge in [0.25, 0.3) is 0 Å². The second kappa shape index (κ2) is 12.3. The van der Waals surface area contributed by atoms with Gasteiger partial charge in [0.2, 0.25) is 0 Å². The molecule has 0 bridgehead atoms. The van der Waals surface area contributed by atoms with Crippen LogP contribution in [0.1, 0.15) is 11.1 Å². The summed E-state index contributed by atoms with van der Waals surface area (Å²) in [6.07, 6.45) is 3.95. The Morgan fingerprint density at radius 1 is 0.667 bits per heavy atom. The van der Waals surface area contributed by atoms with E-state index < -0.39 is 16.5 Å². The molecule has 0 atom stereocenters. The van der Waals surface area contributed by atoms with Crippen molar-refractivity contribution in [2.45, 2.75) is 0 Å². The van der Waals surface area contributed by atoms with Crippen LogP contribution in [-0.4, -0.2) is 19.6 Å². The fourth-order valence-electron chi connectivity index (χ4n) is 1.50. The van der Waals surface area contributed by atoms with Gasteiger partial charge in [-0.2, -0.15) is 0 Å². The molecule has 10 heteroatoms. The van der Waals surface area contributed by atoms with Crippen LogP contribution < -0.4 is 11.5 Å². The van der Waals surface area contributed by atoms with Gasteiger partial charge in [0.1, 0.15) is 0 Å². The van der Waals surface area contributed by atoms with Gasteiger partial charge in [-0.1, -0.05) is 48.6 Å². The summed E-state index contributed by atoms with van der Waals surface area (Å²) in [5.41, 5.74) is 15.2. The molecular formula is C14H18N2O6P2+2. The number of hydrogen-bond acceptors (Lipinski definition) is 4. The first kappa shape index (κ1) is 21.8. The molecule has 24 heavy (non-hydrogen) atoms. The summed E-state index contributed by atoms with van der Waals surface area (Å²) in [4.78, 5) is 28.5. The Labute approximate surface area is 140 Å². The van der Waals surface area contributed by atoms with Gasteiger partial charge in [0.15, 0.2) is 0 Å². The molecule has 0 aliphatic rings. The number of benzene rings is 2. The standard InChI is InChI=1S/C14H14N2.2HO3P/c15-13-7-3-1-5-11(13)9-10-12-6-2-4-8-14(12)16;2*1-4(2)3/h1-10H,15-16H2;2*(H-,1,2,3)/p+2/b10-9+;;. The first-order chi connectivity index (χ1) is 11.2. The van der Waals surface area contributed by atoms with Crippen LogP contribution >= 0.6 is 16.5 Å². The van der Waals surface area contributed by atoms with Crippen molar-refractivity contribution in [1.82, 2.24) is 0 Å². The number of rotatable bonds is 2. The lowest BCUT2D eigenvalue weighted by atomic mass is 10.1. The predicted octanol–water partition coefficient (Wildman–Crippen LogP) is 2.28. The predicted molar refractivity (Wildman–Crippen MR) is 94.7 cm³/mol.